The largest absolute Gasteiger partial charge is 0.357 e. The summed E-state index contributed by atoms with van der Waals surface area (Å²) < 4.78 is 0. The van der Waals surface area contributed by atoms with Crippen LogP contribution in [0.5, 0.6) is 0 Å². The molecule has 3 nitrogen and oxygen atoms in total. The molecule has 0 radical (unpaired) electrons. The number of anilines is 1. The number of benzene rings is 1. The van der Waals surface area contributed by atoms with Crippen molar-refractivity contribution < 1.29 is 0 Å². The van der Waals surface area contributed by atoms with Gasteiger partial charge in [0.25, 0.3) is 0 Å². The smallest absolute Gasteiger partial charge is 0.106 e. The highest BCUT2D eigenvalue weighted by Crippen LogP contribution is 2.21. The Morgan fingerprint density at radius 2 is 2.00 bits per heavy atom. The second-order valence-electron chi connectivity index (χ2n) is 4.33. The molecular weight excluding hydrogens is 198 g/mol. The highest BCUT2D eigenvalue weighted by atomic mass is 15.2. The first kappa shape index (κ1) is 9.73. The lowest BCUT2D eigenvalue weighted by molar-refractivity contribution is 0.724. The summed E-state index contributed by atoms with van der Waals surface area (Å²) in [5.74, 6) is 1.25. The highest BCUT2D eigenvalue weighted by molar-refractivity contribution is 5.83. The van der Waals surface area contributed by atoms with E-state index < -0.39 is 0 Å². The van der Waals surface area contributed by atoms with Crippen LogP contribution in [-0.4, -0.2) is 31.2 Å². The molecule has 0 atom stereocenters. The van der Waals surface area contributed by atoms with E-state index in [0.717, 1.165) is 26.2 Å². The molecule has 1 aliphatic heterocycles. The van der Waals surface area contributed by atoms with Gasteiger partial charge in [0.1, 0.15) is 5.82 Å². The Balaban J connectivity index is 1.92. The van der Waals surface area contributed by atoms with Crippen LogP contribution < -0.4 is 10.2 Å². The molecule has 1 aliphatic rings. The quantitative estimate of drug-likeness (QED) is 0.762. The minimum Gasteiger partial charge on any atom is -0.357 e. The number of hydrogen-bond donors (Lipinski definition) is 2. The molecule has 84 valence electrons. The molecule has 1 saturated heterocycles. The number of aromatic amines is 1. The van der Waals surface area contributed by atoms with Crippen LogP contribution in [0.25, 0.3) is 10.9 Å². The maximum Gasteiger partial charge on any atom is 0.106 e. The number of H-pyrrole nitrogens is 1. The van der Waals surface area contributed by atoms with Crippen LogP contribution in [0.15, 0.2) is 30.3 Å². The molecule has 16 heavy (non-hydrogen) atoms. The molecule has 1 aromatic carbocycles. The van der Waals surface area contributed by atoms with Crippen molar-refractivity contribution in [3.05, 3.63) is 30.3 Å². The van der Waals surface area contributed by atoms with Crippen molar-refractivity contribution in [2.75, 3.05) is 31.1 Å². The van der Waals surface area contributed by atoms with Crippen molar-refractivity contribution in [1.29, 1.82) is 0 Å². The summed E-state index contributed by atoms with van der Waals surface area (Å²) in [5, 5.41) is 4.73. The number of aromatic nitrogens is 1. The van der Waals surface area contributed by atoms with Crippen LogP contribution in [0.2, 0.25) is 0 Å². The van der Waals surface area contributed by atoms with Crippen molar-refractivity contribution in [2.45, 2.75) is 6.42 Å². The second-order valence-corrected chi connectivity index (χ2v) is 4.33. The molecule has 3 heteroatoms. The summed E-state index contributed by atoms with van der Waals surface area (Å²) in [6.07, 6.45) is 1.22. The van der Waals surface area contributed by atoms with Crippen LogP contribution in [0, 0.1) is 0 Å². The van der Waals surface area contributed by atoms with Crippen LogP contribution in [0.3, 0.4) is 0 Å². The van der Waals surface area contributed by atoms with Crippen molar-refractivity contribution in [2.24, 2.45) is 0 Å². The molecule has 3 rings (SSSR count). The highest BCUT2D eigenvalue weighted by Gasteiger charge is 2.11. The van der Waals surface area contributed by atoms with Crippen molar-refractivity contribution in [1.82, 2.24) is 10.3 Å². The Bertz CT molecular complexity index is 434. The van der Waals surface area contributed by atoms with Gasteiger partial charge in [-0.25, -0.2) is 0 Å². The zero-order chi connectivity index (χ0) is 10.8. The van der Waals surface area contributed by atoms with E-state index in [4.69, 9.17) is 0 Å². The van der Waals surface area contributed by atoms with E-state index >= 15 is 0 Å². The van der Waals surface area contributed by atoms with Crippen LogP contribution in [0.1, 0.15) is 6.42 Å². The SMILES string of the molecule is c1ccc2[nH]c(N3CCCNCC3)cc2c1. The fourth-order valence-electron chi connectivity index (χ4n) is 2.32. The Morgan fingerprint density at radius 3 is 2.94 bits per heavy atom. The third kappa shape index (κ3) is 1.78. The maximum atomic E-state index is 3.49. The van der Waals surface area contributed by atoms with E-state index in [1.165, 1.54) is 23.1 Å². The molecular formula is C13H17N3. The number of hydrogen-bond acceptors (Lipinski definition) is 2. The van der Waals surface area contributed by atoms with Gasteiger partial charge in [0.15, 0.2) is 0 Å². The molecule has 0 spiro atoms. The summed E-state index contributed by atoms with van der Waals surface area (Å²) in [6, 6.07) is 10.7. The first-order valence-corrected chi connectivity index (χ1v) is 5.97. The lowest BCUT2D eigenvalue weighted by Gasteiger charge is -2.19. The molecule has 0 amide bonds. The molecule has 2 aromatic rings. The third-order valence-electron chi connectivity index (χ3n) is 3.20. The van der Waals surface area contributed by atoms with Gasteiger partial charge in [0.05, 0.1) is 0 Å². The van der Waals surface area contributed by atoms with Gasteiger partial charge < -0.3 is 15.2 Å². The van der Waals surface area contributed by atoms with Gasteiger partial charge in [0.2, 0.25) is 0 Å². The van der Waals surface area contributed by atoms with E-state index in [9.17, 15) is 0 Å². The summed E-state index contributed by atoms with van der Waals surface area (Å²) >= 11 is 0. The fourth-order valence-corrected chi connectivity index (χ4v) is 2.32. The molecule has 0 bridgehead atoms. The number of nitrogens with one attached hydrogen (secondary N) is 2. The van der Waals surface area contributed by atoms with Gasteiger partial charge >= 0.3 is 0 Å². The molecule has 2 heterocycles. The molecule has 1 fully saturated rings. The van der Waals surface area contributed by atoms with Gasteiger partial charge in [-0.1, -0.05) is 18.2 Å². The predicted octanol–water partition coefficient (Wildman–Crippen LogP) is 1.97. The van der Waals surface area contributed by atoms with Gasteiger partial charge in [-0.15, -0.1) is 0 Å². The lowest BCUT2D eigenvalue weighted by atomic mass is 10.2. The molecule has 0 aliphatic carbocycles. The van der Waals surface area contributed by atoms with Gasteiger partial charge in [-0.3, -0.25) is 0 Å². The minimum absolute atomic E-state index is 1.08. The van der Waals surface area contributed by atoms with E-state index in [0.29, 0.717) is 0 Å². The standard InChI is InChI=1S/C13H17N3/c1-2-5-12-11(4-1)10-13(15-12)16-8-3-6-14-7-9-16/h1-2,4-5,10,14-15H,3,6-9H2. The first-order valence-electron chi connectivity index (χ1n) is 5.97. The van der Waals surface area contributed by atoms with E-state index in [2.05, 4.69) is 45.5 Å². The van der Waals surface area contributed by atoms with Crippen molar-refractivity contribution >= 4 is 16.7 Å². The average Bonchev–Trinajstić information content (AvgIpc) is 2.56. The summed E-state index contributed by atoms with van der Waals surface area (Å²) in [4.78, 5) is 5.92. The van der Waals surface area contributed by atoms with E-state index in [-0.39, 0.29) is 0 Å². The van der Waals surface area contributed by atoms with Gasteiger partial charge in [-0.05, 0) is 25.1 Å². The van der Waals surface area contributed by atoms with E-state index in [1.807, 2.05) is 0 Å². The third-order valence-corrected chi connectivity index (χ3v) is 3.20. The van der Waals surface area contributed by atoms with Crippen LogP contribution in [-0.2, 0) is 0 Å². The maximum absolute atomic E-state index is 3.49. The monoisotopic (exact) mass is 215 g/mol. The topological polar surface area (TPSA) is 31.1 Å². The molecule has 0 saturated carbocycles. The molecule has 2 N–H and O–H groups in total. The zero-order valence-electron chi connectivity index (χ0n) is 9.37. The normalized spacial score (nSPS) is 17.6. The number of para-hydroxylation sites is 1. The fraction of sp³-hybridized carbons (Fsp3) is 0.385. The predicted molar refractivity (Wildman–Crippen MR) is 68.0 cm³/mol. The molecule has 0 unspecified atom stereocenters. The van der Waals surface area contributed by atoms with Crippen LogP contribution >= 0.6 is 0 Å². The van der Waals surface area contributed by atoms with Crippen molar-refractivity contribution in [3.8, 4) is 0 Å². The van der Waals surface area contributed by atoms with Crippen molar-refractivity contribution in [3.63, 3.8) is 0 Å². The zero-order valence-corrected chi connectivity index (χ0v) is 9.37. The van der Waals surface area contributed by atoms with Gasteiger partial charge in [0, 0.05) is 30.5 Å². The van der Waals surface area contributed by atoms with Crippen LogP contribution in [0.4, 0.5) is 5.82 Å². The van der Waals surface area contributed by atoms with E-state index in [1.54, 1.807) is 0 Å². The number of rotatable bonds is 1. The summed E-state index contributed by atoms with van der Waals surface area (Å²) in [7, 11) is 0. The number of nitrogens with zero attached hydrogens (tertiary/aromatic N) is 1. The number of fused-ring (bicyclic) bond motifs is 1. The average molecular weight is 215 g/mol. The van der Waals surface area contributed by atoms with Gasteiger partial charge in [-0.2, -0.15) is 0 Å². The summed E-state index contributed by atoms with van der Waals surface area (Å²) in [6.45, 7) is 4.44. The first-order chi connectivity index (χ1) is 7.93. The Labute approximate surface area is 95.5 Å². The minimum atomic E-state index is 1.08. The second kappa shape index (κ2) is 4.18. The Kier molecular flexibility index (Phi) is 2.54. The Hall–Kier alpha value is -1.48. The lowest BCUT2D eigenvalue weighted by Crippen LogP contribution is -2.27. The summed E-state index contributed by atoms with van der Waals surface area (Å²) in [5.41, 5.74) is 1.23. The Morgan fingerprint density at radius 1 is 1.06 bits per heavy atom. The molecule has 1 aromatic heterocycles.